The summed E-state index contributed by atoms with van der Waals surface area (Å²) in [5.74, 6) is -1.67. The Labute approximate surface area is 146 Å². The van der Waals surface area contributed by atoms with Crippen molar-refractivity contribution in [3.8, 4) is 0 Å². The van der Waals surface area contributed by atoms with Gasteiger partial charge in [0.25, 0.3) is 5.91 Å². The van der Waals surface area contributed by atoms with Crippen LogP contribution in [0.1, 0.15) is 12.8 Å². The van der Waals surface area contributed by atoms with Gasteiger partial charge in [-0.2, -0.15) is 0 Å². The maximum absolute atomic E-state index is 13.8. The number of urea groups is 1. The van der Waals surface area contributed by atoms with Crippen molar-refractivity contribution < 1.29 is 18.8 Å². The fraction of sp³-hybridized carbons (Fsp3) is 0.400. The van der Waals surface area contributed by atoms with Gasteiger partial charge in [-0.15, -0.1) is 0 Å². The van der Waals surface area contributed by atoms with Gasteiger partial charge < -0.3 is 16.0 Å². The van der Waals surface area contributed by atoms with Crippen LogP contribution in [0.4, 0.5) is 14.9 Å². The second-order valence-corrected chi connectivity index (χ2v) is 6.77. The molecule has 1 atom stereocenters. The number of anilines is 1. The molecule has 9 heteroatoms. The summed E-state index contributed by atoms with van der Waals surface area (Å²) in [4.78, 5) is 37.6. The molecule has 24 heavy (non-hydrogen) atoms. The summed E-state index contributed by atoms with van der Waals surface area (Å²) < 4.78 is 14.3. The average molecular weight is 399 g/mol. The van der Waals surface area contributed by atoms with Crippen LogP contribution in [0.15, 0.2) is 22.7 Å². The zero-order valence-electron chi connectivity index (χ0n) is 12.7. The zero-order valence-corrected chi connectivity index (χ0v) is 14.3. The van der Waals surface area contributed by atoms with Gasteiger partial charge in [-0.05, 0) is 37.6 Å². The Bertz CT molecular complexity index is 706. The highest BCUT2D eigenvalue weighted by Gasteiger charge is 2.51. The summed E-state index contributed by atoms with van der Waals surface area (Å²) in [7, 11) is 0. The third kappa shape index (κ3) is 3.13. The fourth-order valence-electron chi connectivity index (χ4n) is 2.94. The summed E-state index contributed by atoms with van der Waals surface area (Å²) in [6.07, 6.45) is 1.29. The highest BCUT2D eigenvalue weighted by molar-refractivity contribution is 9.10. The first-order valence-corrected chi connectivity index (χ1v) is 8.30. The summed E-state index contributed by atoms with van der Waals surface area (Å²) in [5, 5.41) is 8.12. The summed E-state index contributed by atoms with van der Waals surface area (Å²) in [6, 6.07) is 3.59. The predicted molar refractivity (Wildman–Crippen MR) is 87.8 cm³/mol. The Morgan fingerprint density at radius 1 is 1.42 bits per heavy atom. The van der Waals surface area contributed by atoms with Crippen molar-refractivity contribution in [2.45, 2.75) is 18.4 Å². The molecule has 0 bridgehead atoms. The standard InChI is InChI=1S/C15H16BrFN4O3/c16-9-2-3-11(10(17)6-9)19-12(22)7-21-13(23)15(20-14(21)24)4-1-5-18-8-15/h2-3,6,18H,1,4-5,7-8H2,(H,19,22)(H,20,24). The Balaban J connectivity index is 1.68. The molecule has 0 saturated carbocycles. The van der Waals surface area contributed by atoms with Crippen molar-refractivity contribution in [3.63, 3.8) is 0 Å². The van der Waals surface area contributed by atoms with Crippen LogP contribution < -0.4 is 16.0 Å². The molecule has 2 fully saturated rings. The van der Waals surface area contributed by atoms with E-state index >= 15 is 0 Å². The monoisotopic (exact) mass is 398 g/mol. The molecule has 0 aliphatic carbocycles. The molecule has 1 aromatic carbocycles. The van der Waals surface area contributed by atoms with E-state index < -0.39 is 35.7 Å². The molecule has 7 nitrogen and oxygen atoms in total. The maximum atomic E-state index is 13.8. The third-order valence-electron chi connectivity index (χ3n) is 4.14. The SMILES string of the molecule is O=C(CN1C(=O)NC2(CCCNC2)C1=O)Nc1ccc(Br)cc1F. The first kappa shape index (κ1) is 16.8. The maximum Gasteiger partial charge on any atom is 0.325 e. The number of piperidine rings is 1. The molecular weight excluding hydrogens is 383 g/mol. The molecule has 1 spiro atoms. The van der Waals surface area contributed by atoms with Crippen molar-refractivity contribution in [2.75, 3.05) is 25.0 Å². The number of hydrogen-bond donors (Lipinski definition) is 3. The number of imide groups is 1. The topological polar surface area (TPSA) is 90.5 Å². The molecule has 0 radical (unpaired) electrons. The van der Waals surface area contributed by atoms with Crippen LogP contribution in [0.2, 0.25) is 0 Å². The van der Waals surface area contributed by atoms with E-state index in [1.165, 1.54) is 12.1 Å². The van der Waals surface area contributed by atoms with Crippen LogP contribution in [0.3, 0.4) is 0 Å². The van der Waals surface area contributed by atoms with E-state index in [9.17, 15) is 18.8 Å². The van der Waals surface area contributed by atoms with Crippen molar-refractivity contribution in [1.82, 2.24) is 15.5 Å². The van der Waals surface area contributed by atoms with Gasteiger partial charge in [0, 0.05) is 11.0 Å². The Morgan fingerprint density at radius 3 is 2.88 bits per heavy atom. The van der Waals surface area contributed by atoms with Crippen LogP contribution >= 0.6 is 15.9 Å². The Kier molecular flexibility index (Phi) is 4.55. The van der Waals surface area contributed by atoms with Gasteiger partial charge in [0.1, 0.15) is 17.9 Å². The Morgan fingerprint density at radius 2 is 2.21 bits per heavy atom. The molecule has 2 aliphatic heterocycles. The minimum atomic E-state index is -0.974. The highest BCUT2D eigenvalue weighted by atomic mass is 79.9. The number of hydrogen-bond acceptors (Lipinski definition) is 4. The van der Waals surface area contributed by atoms with Gasteiger partial charge in [-0.3, -0.25) is 14.5 Å². The van der Waals surface area contributed by atoms with Crippen molar-refractivity contribution >= 4 is 39.5 Å². The third-order valence-corrected chi connectivity index (χ3v) is 4.63. The number of amides is 4. The molecule has 1 unspecified atom stereocenters. The van der Waals surface area contributed by atoms with Gasteiger partial charge in [0.05, 0.1) is 5.69 Å². The quantitative estimate of drug-likeness (QED) is 0.667. The molecule has 128 valence electrons. The number of carbonyl (C=O) groups excluding carboxylic acids is 3. The predicted octanol–water partition coefficient (Wildman–Crippen LogP) is 1.20. The molecule has 1 aromatic rings. The van der Waals surface area contributed by atoms with Gasteiger partial charge in [-0.1, -0.05) is 15.9 Å². The number of benzene rings is 1. The lowest BCUT2D eigenvalue weighted by Gasteiger charge is -2.31. The molecule has 3 rings (SSSR count). The zero-order chi connectivity index (χ0) is 17.3. The number of nitrogens with one attached hydrogen (secondary N) is 3. The summed E-state index contributed by atoms with van der Waals surface area (Å²) in [6.45, 7) is 0.674. The molecule has 2 aliphatic rings. The van der Waals surface area contributed by atoms with Crippen molar-refractivity contribution in [3.05, 3.63) is 28.5 Å². The lowest BCUT2D eigenvalue weighted by molar-refractivity contribution is -0.134. The molecule has 2 heterocycles. The molecule has 0 aromatic heterocycles. The van der Waals surface area contributed by atoms with E-state index in [1.807, 2.05) is 0 Å². The second-order valence-electron chi connectivity index (χ2n) is 5.86. The van der Waals surface area contributed by atoms with Crippen molar-refractivity contribution in [2.24, 2.45) is 0 Å². The van der Waals surface area contributed by atoms with E-state index in [1.54, 1.807) is 6.07 Å². The number of nitrogens with zero attached hydrogens (tertiary/aromatic N) is 1. The molecule has 2 saturated heterocycles. The number of halogens is 2. The minimum absolute atomic E-state index is 0.00991. The van der Waals surface area contributed by atoms with Crippen LogP contribution in [-0.2, 0) is 9.59 Å². The highest BCUT2D eigenvalue weighted by Crippen LogP contribution is 2.25. The van der Waals surface area contributed by atoms with Gasteiger partial charge >= 0.3 is 6.03 Å². The average Bonchev–Trinajstić information content (AvgIpc) is 2.75. The van der Waals surface area contributed by atoms with E-state index in [-0.39, 0.29) is 5.69 Å². The smallest absolute Gasteiger partial charge is 0.322 e. The summed E-state index contributed by atoms with van der Waals surface area (Å²) in [5.41, 5.74) is -0.984. The van der Waals surface area contributed by atoms with Crippen LogP contribution in [0.25, 0.3) is 0 Å². The van der Waals surface area contributed by atoms with Gasteiger partial charge in [0.15, 0.2) is 0 Å². The minimum Gasteiger partial charge on any atom is -0.322 e. The van der Waals surface area contributed by atoms with E-state index in [4.69, 9.17) is 0 Å². The van der Waals surface area contributed by atoms with E-state index in [2.05, 4.69) is 31.9 Å². The van der Waals surface area contributed by atoms with E-state index in [0.717, 1.165) is 17.9 Å². The van der Waals surface area contributed by atoms with Crippen LogP contribution in [0.5, 0.6) is 0 Å². The normalized spacial score (nSPS) is 23.5. The number of rotatable bonds is 3. The van der Waals surface area contributed by atoms with Gasteiger partial charge in [0.2, 0.25) is 5.91 Å². The molecular formula is C15H16BrFN4O3. The first-order chi connectivity index (χ1) is 11.4. The van der Waals surface area contributed by atoms with Crippen LogP contribution in [-0.4, -0.2) is 47.9 Å². The lowest BCUT2D eigenvalue weighted by atomic mass is 9.90. The Hall–Kier alpha value is -2.00. The summed E-state index contributed by atoms with van der Waals surface area (Å²) >= 11 is 3.13. The molecule has 4 amide bonds. The van der Waals surface area contributed by atoms with Crippen molar-refractivity contribution in [1.29, 1.82) is 0 Å². The van der Waals surface area contributed by atoms with E-state index in [0.29, 0.717) is 17.4 Å². The second kappa shape index (κ2) is 6.48. The first-order valence-electron chi connectivity index (χ1n) is 7.51. The molecule has 3 N–H and O–H groups in total. The van der Waals surface area contributed by atoms with Gasteiger partial charge in [-0.25, -0.2) is 9.18 Å². The fourth-order valence-corrected chi connectivity index (χ4v) is 3.27. The largest absolute Gasteiger partial charge is 0.325 e. The number of carbonyl (C=O) groups is 3. The van der Waals surface area contributed by atoms with Crippen LogP contribution in [0, 0.1) is 5.82 Å². The lowest BCUT2D eigenvalue weighted by Crippen LogP contribution is -2.57.